The number of benzene rings is 2. The molecule has 1 atom stereocenters. The minimum atomic E-state index is -4.86. The summed E-state index contributed by atoms with van der Waals surface area (Å²) in [6, 6.07) is 11.9. The Kier molecular flexibility index (Phi) is 5.23. The van der Waals surface area contributed by atoms with Crippen molar-refractivity contribution in [2.24, 2.45) is 11.7 Å². The van der Waals surface area contributed by atoms with E-state index in [9.17, 15) is 22.8 Å². The van der Waals surface area contributed by atoms with E-state index in [0.717, 1.165) is 6.07 Å². The molecule has 3 rings (SSSR count). The molecule has 152 valence electrons. The molecule has 3 aromatic rings. The number of hydrogen-bond acceptors (Lipinski definition) is 3. The largest absolute Gasteiger partial charge is 0.573 e. The first-order chi connectivity index (χ1) is 13.5. The van der Waals surface area contributed by atoms with E-state index in [4.69, 9.17) is 10.8 Å². The van der Waals surface area contributed by atoms with Crippen molar-refractivity contribution < 1.29 is 32.6 Å². The number of primary amides is 1. The van der Waals surface area contributed by atoms with E-state index in [1.807, 2.05) is 0 Å². The highest BCUT2D eigenvalue weighted by atomic mass is 19.4. The van der Waals surface area contributed by atoms with Crippen molar-refractivity contribution in [1.82, 2.24) is 4.57 Å². The third-order valence-electron chi connectivity index (χ3n) is 4.39. The lowest BCUT2D eigenvalue weighted by Gasteiger charge is -2.13. The highest BCUT2D eigenvalue weighted by molar-refractivity contribution is 5.99. The van der Waals surface area contributed by atoms with E-state index in [0.29, 0.717) is 22.2 Å². The zero-order chi connectivity index (χ0) is 21.3. The summed E-state index contributed by atoms with van der Waals surface area (Å²) in [7, 11) is 0. The molecule has 0 fully saturated rings. The maximum absolute atomic E-state index is 12.6. The van der Waals surface area contributed by atoms with Gasteiger partial charge < -0.3 is 20.1 Å². The van der Waals surface area contributed by atoms with Crippen LogP contribution in [-0.4, -0.2) is 27.9 Å². The lowest BCUT2D eigenvalue weighted by atomic mass is 10.0. The van der Waals surface area contributed by atoms with Gasteiger partial charge in [-0.05, 0) is 42.3 Å². The van der Waals surface area contributed by atoms with Crippen molar-refractivity contribution in [1.29, 1.82) is 0 Å². The van der Waals surface area contributed by atoms with Crippen molar-refractivity contribution in [3.63, 3.8) is 0 Å². The quantitative estimate of drug-likeness (QED) is 0.649. The number of alkyl halides is 3. The molecule has 0 aliphatic heterocycles. The van der Waals surface area contributed by atoms with Crippen LogP contribution in [0.2, 0.25) is 0 Å². The molecule has 0 radical (unpaired) electrons. The van der Waals surface area contributed by atoms with Gasteiger partial charge in [0.05, 0.1) is 11.4 Å². The number of ether oxygens (including phenoxy) is 1. The number of amides is 1. The van der Waals surface area contributed by atoms with Gasteiger partial charge in [-0.2, -0.15) is 0 Å². The summed E-state index contributed by atoms with van der Waals surface area (Å²) in [4.78, 5) is 23.1. The van der Waals surface area contributed by atoms with Crippen LogP contribution in [0, 0.1) is 5.92 Å². The second-order valence-electron chi connectivity index (χ2n) is 6.61. The number of carbonyl (C=O) groups is 2. The van der Waals surface area contributed by atoms with Crippen molar-refractivity contribution in [2.45, 2.75) is 19.7 Å². The minimum Gasteiger partial charge on any atom is -0.481 e. The predicted molar refractivity (Wildman–Crippen MR) is 99.0 cm³/mol. The number of aromatic nitrogens is 1. The third kappa shape index (κ3) is 4.50. The van der Waals surface area contributed by atoms with Gasteiger partial charge in [0.15, 0.2) is 0 Å². The molecule has 2 aromatic carbocycles. The number of nitrogens with zero attached hydrogens (tertiary/aromatic N) is 1. The number of rotatable bonds is 6. The molecule has 0 bridgehead atoms. The van der Waals surface area contributed by atoms with E-state index in [1.165, 1.54) is 22.8 Å². The van der Waals surface area contributed by atoms with E-state index < -0.39 is 29.9 Å². The average Bonchev–Trinajstić information content (AvgIpc) is 2.99. The fourth-order valence-corrected chi connectivity index (χ4v) is 3.10. The van der Waals surface area contributed by atoms with Crippen LogP contribution in [0.25, 0.3) is 16.6 Å². The van der Waals surface area contributed by atoms with Gasteiger partial charge in [-0.1, -0.05) is 19.1 Å². The molecule has 0 saturated heterocycles. The van der Waals surface area contributed by atoms with Crippen LogP contribution < -0.4 is 10.5 Å². The van der Waals surface area contributed by atoms with E-state index in [-0.39, 0.29) is 12.1 Å². The van der Waals surface area contributed by atoms with E-state index in [1.54, 1.807) is 31.2 Å². The molecule has 1 aromatic heterocycles. The van der Waals surface area contributed by atoms with Gasteiger partial charge in [0.1, 0.15) is 11.4 Å². The molecule has 29 heavy (non-hydrogen) atoms. The van der Waals surface area contributed by atoms with E-state index >= 15 is 0 Å². The van der Waals surface area contributed by atoms with Crippen LogP contribution >= 0.6 is 0 Å². The van der Waals surface area contributed by atoms with Gasteiger partial charge in [-0.3, -0.25) is 9.59 Å². The lowest BCUT2D eigenvalue weighted by Crippen LogP contribution is -2.17. The van der Waals surface area contributed by atoms with Gasteiger partial charge >= 0.3 is 12.3 Å². The van der Waals surface area contributed by atoms with Crippen molar-refractivity contribution in [2.75, 3.05) is 0 Å². The maximum atomic E-state index is 12.6. The van der Waals surface area contributed by atoms with Gasteiger partial charge in [0.25, 0.3) is 5.91 Å². The molecule has 9 heteroatoms. The number of carboxylic acids is 1. The van der Waals surface area contributed by atoms with Crippen molar-refractivity contribution >= 4 is 22.8 Å². The smallest absolute Gasteiger partial charge is 0.481 e. The predicted octanol–water partition coefficient (Wildman–Crippen LogP) is 3.89. The zero-order valence-electron chi connectivity index (χ0n) is 15.2. The lowest BCUT2D eigenvalue weighted by molar-refractivity contribution is -0.274. The Hall–Kier alpha value is -3.49. The number of nitrogens with two attached hydrogens (primary N) is 1. The number of aliphatic carboxylic acids is 1. The van der Waals surface area contributed by atoms with Crippen LogP contribution in [0.4, 0.5) is 13.2 Å². The molecule has 1 amide bonds. The van der Waals surface area contributed by atoms with Gasteiger partial charge in [0, 0.05) is 17.1 Å². The zero-order valence-corrected chi connectivity index (χ0v) is 15.2. The Morgan fingerprint density at radius 2 is 1.90 bits per heavy atom. The average molecular weight is 406 g/mol. The summed E-state index contributed by atoms with van der Waals surface area (Å²) in [5, 5.41) is 9.60. The molecule has 0 saturated carbocycles. The number of carboxylic acid groups (broad SMARTS) is 1. The van der Waals surface area contributed by atoms with Crippen LogP contribution in [0.15, 0.2) is 48.5 Å². The van der Waals surface area contributed by atoms with Crippen LogP contribution in [0.1, 0.15) is 23.0 Å². The van der Waals surface area contributed by atoms with Crippen molar-refractivity contribution in [3.8, 4) is 11.4 Å². The monoisotopic (exact) mass is 406 g/mol. The summed E-state index contributed by atoms with van der Waals surface area (Å²) in [5.41, 5.74) is 6.99. The Balaban J connectivity index is 2.14. The third-order valence-corrected chi connectivity index (χ3v) is 4.39. The normalized spacial score (nSPS) is 12.7. The van der Waals surface area contributed by atoms with Gasteiger partial charge in [0.2, 0.25) is 0 Å². The SMILES string of the molecule is CC(Cc1cccc(-n2c(C(N)=O)cc3ccc(OC(F)(F)F)cc32)c1)C(=O)O. The molecular weight excluding hydrogens is 389 g/mol. The van der Waals surface area contributed by atoms with Crippen LogP contribution in [0.5, 0.6) is 5.75 Å². The highest BCUT2D eigenvalue weighted by Crippen LogP contribution is 2.31. The number of carbonyl (C=O) groups excluding carboxylic acids is 1. The molecule has 1 unspecified atom stereocenters. The Labute approximate surface area is 163 Å². The first kappa shape index (κ1) is 20.2. The second kappa shape index (κ2) is 7.50. The molecule has 0 aliphatic rings. The van der Waals surface area contributed by atoms with Crippen LogP contribution in [-0.2, 0) is 11.2 Å². The summed E-state index contributed by atoms with van der Waals surface area (Å²) < 4.78 is 43.2. The summed E-state index contributed by atoms with van der Waals surface area (Å²) >= 11 is 0. The minimum absolute atomic E-state index is 0.0765. The highest BCUT2D eigenvalue weighted by Gasteiger charge is 2.31. The molecule has 0 spiro atoms. The molecule has 0 aliphatic carbocycles. The topological polar surface area (TPSA) is 94.5 Å². The standard InChI is InChI=1S/C20H17F3N2O4/c1-11(19(27)28)7-12-3-2-4-14(8-12)25-16-10-15(29-20(21,22)23)6-5-13(16)9-17(25)18(24)26/h2-6,8-11H,7H2,1H3,(H2,24,26)(H,27,28). The van der Waals surface area contributed by atoms with Crippen molar-refractivity contribution in [3.05, 3.63) is 59.8 Å². The fraction of sp³-hybridized carbons (Fsp3) is 0.200. The summed E-state index contributed by atoms with van der Waals surface area (Å²) in [6.07, 6.45) is -4.61. The number of halogens is 3. The molecule has 1 heterocycles. The van der Waals surface area contributed by atoms with Gasteiger partial charge in [-0.15, -0.1) is 13.2 Å². The van der Waals surface area contributed by atoms with E-state index in [2.05, 4.69) is 4.74 Å². The van der Waals surface area contributed by atoms with Crippen LogP contribution in [0.3, 0.4) is 0 Å². The molecular formula is C20H17F3N2O4. The fourth-order valence-electron chi connectivity index (χ4n) is 3.10. The Morgan fingerprint density at radius 3 is 2.52 bits per heavy atom. The molecule has 3 N–H and O–H groups in total. The Bertz CT molecular complexity index is 1090. The number of hydrogen-bond donors (Lipinski definition) is 2. The maximum Gasteiger partial charge on any atom is 0.573 e. The summed E-state index contributed by atoms with van der Waals surface area (Å²) in [6.45, 7) is 1.57. The second-order valence-corrected chi connectivity index (χ2v) is 6.61. The molecule has 6 nitrogen and oxygen atoms in total. The first-order valence-corrected chi connectivity index (χ1v) is 8.58. The summed E-state index contributed by atoms with van der Waals surface area (Å²) in [5.74, 6) is -2.78. The first-order valence-electron chi connectivity index (χ1n) is 8.58. The van der Waals surface area contributed by atoms with Gasteiger partial charge in [-0.25, -0.2) is 0 Å². The number of fused-ring (bicyclic) bond motifs is 1. The Morgan fingerprint density at radius 1 is 1.17 bits per heavy atom.